The van der Waals surface area contributed by atoms with Gasteiger partial charge in [-0.1, -0.05) is 44.9 Å². The summed E-state index contributed by atoms with van der Waals surface area (Å²) in [6.45, 7) is -0.0952. The van der Waals surface area contributed by atoms with Crippen molar-refractivity contribution < 1.29 is 4.39 Å². The van der Waals surface area contributed by atoms with E-state index in [2.05, 4.69) is 0 Å². The molecule has 0 saturated heterocycles. The van der Waals surface area contributed by atoms with Gasteiger partial charge in [-0.25, -0.2) is 0 Å². The third-order valence-corrected chi connectivity index (χ3v) is 4.41. The van der Waals surface area contributed by atoms with Crippen molar-refractivity contribution in [2.24, 2.45) is 17.8 Å². The van der Waals surface area contributed by atoms with Crippen molar-refractivity contribution in [2.75, 3.05) is 6.67 Å². The highest BCUT2D eigenvalue weighted by Crippen LogP contribution is 2.41. The molecule has 0 amide bonds. The predicted octanol–water partition coefficient (Wildman–Crippen LogP) is 4.34. The van der Waals surface area contributed by atoms with Crippen LogP contribution in [0.5, 0.6) is 0 Å². The monoisotopic (exact) mass is 198 g/mol. The first-order valence-electron chi connectivity index (χ1n) is 6.46. The third kappa shape index (κ3) is 2.49. The molecular weight excluding hydrogens is 175 g/mol. The fraction of sp³-hybridized carbons (Fsp3) is 1.00. The Morgan fingerprint density at radius 2 is 1.57 bits per heavy atom. The van der Waals surface area contributed by atoms with Crippen LogP contribution in [0.2, 0.25) is 0 Å². The van der Waals surface area contributed by atoms with E-state index in [1.165, 1.54) is 51.4 Å². The van der Waals surface area contributed by atoms with Crippen molar-refractivity contribution in [1.82, 2.24) is 0 Å². The lowest BCUT2D eigenvalue weighted by molar-refractivity contribution is 0.182. The average molecular weight is 198 g/mol. The molecule has 0 N–H and O–H groups in total. The van der Waals surface area contributed by atoms with Crippen LogP contribution in [0.15, 0.2) is 0 Å². The van der Waals surface area contributed by atoms with Crippen molar-refractivity contribution in [3.8, 4) is 0 Å². The molecule has 2 fully saturated rings. The summed E-state index contributed by atoms with van der Waals surface area (Å²) in [5.74, 6) is 2.69. The number of hydrogen-bond acceptors (Lipinski definition) is 0. The first kappa shape index (κ1) is 10.4. The van der Waals surface area contributed by atoms with Crippen LogP contribution in [0.25, 0.3) is 0 Å². The molecule has 0 heterocycles. The highest BCUT2D eigenvalue weighted by atomic mass is 19.1. The quantitative estimate of drug-likeness (QED) is 0.632. The van der Waals surface area contributed by atoms with Crippen molar-refractivity contribution >= 4 is 0 Å². The first-order valence-corrected chi connectivity index (χ1v) is 6.46. The van der Waals surface area contributed by atoms with E-state index in [-0.39, 0.29) is 6.67 Å². The van der Waals surface area contributed by atoms with Crippen LogP contribution in [0, 0.1) is 17.8 Å². The third-order valence-electron chi connectivity index (χ3n) is 4.41. The fourth-order valence-corrected chi connectivity index (χ4v) is 3.61. The van der Waals surface area contributed by atoms with Crippen LogP contribution >= 0.6 is 0 Å². The lowest BCUT2D eigenvalue weighted by atomic mass is 9.74. The van der Waals surface area contributed by atoms with Crippen LogP contribution in [0.3, 0.4) is 0 Å². The SMILES string of the molecule is FCCC1CCCC(C2CCCC2)C1. The summed E-state index contributed by atoms with van der Waals surface area (Å²) in [7, 11) is 0. The van der Waals surface area contributed by atoms with Gasteiger partial charge in [0.15, 0.2) is 0 Å². The Balaban J connectivity index is 1.80. The normalized spacial score (nSPS) is 34.9. The molecule has 82 valence electrons. The average Bonchev–Trinajstić information content (AvgIpc) is 2.71. The maximum absolute atomic E-state index is 12.3. The first-order chi connectivity index (χ1) is 6.90. The largest absolute Gasteiger partial charge is 0.251 e. The maximum atomic E-state index is 12.3. The zero-order chi connectivity index (χ0) is 9.80. The van der Waals surface area contributed by atoms with E-state index in [0.717, 1.165) is 24.2 Å². The van der Waals surface area contributed by atoms with Crippen molar-refractivity contribution in [3.05, 3.63) is 0 Å². The van der Waals surface area contributed by atoms with E-state index < -0.39 is 0 Å². The second-order valence-corrected chi connectivity index (χ2v) is 5.31. The summed E-state index contributed by atoms with van der Waals surface area (Å²) in [6, 6.07) is 0. The predicted molar refractivity (Wildman–Crippen MR) is 58.0 cm³/mol. The van der Waals surface area contributed by atoms with Gasteiger partial charge in [-0.3, -0.25) is 4.39 Å². The van der Waals surface area contributed by atoms with Gasteiger partial charge < -0.3 is 0 Å². The molecule has 2 unspecified atom stereocenters. The number of hydrogen-bond donors (Lipinski definition) is 0. The molecule has 0 aromatic heterocycles. The highest BCUT2D eigenvalue weighted by molar-refractivity contribution is 4.81. The van der Waals surface area contributed by atoms with E-state index in [1.54, 1.807) is 0 Å². The molecule has 14 heavy (non-hydrogen) atoms. The lowest BCUT2D eigenvalue weighted by Gasteiger charge is -2.32. The smallest absolute Gasteiger partial charge is 0.0897 e. The zero-order valence-corrected chi connectivity index (χ0v) is 9.18. The molecule has 0 radical (unpaired) electrons. The van der Waals surface area contributed by atoms with Gasteiger partial charge in [-0.2, -0.15) is 0 Å². The van der Waals surface area contributed by atoms with Crippen molar-refractivity contribution in [3.63, 3.8) is 0 Å². The standard InChI is InChI=1S/C13H23F/c14-9-8-11-4-3-7-13(10-11)12-5-1-2-6-12/h11-13H,1-10H2. The second-order valence-electron chi connectivity index (χ2n) is 5.31. The second kappa shape index (κ2) is 5.14. The summed E-state index contributed by atoms with van der Waals surface area (Å²) in [6.07, 6.45) is 12.1. The maximum Gasteiger partial charge on any atom is 0.0897 e. The Morgan fingerprint density at radius 3 is 2.29 bits per heavy atom. The summed E-state index contributed by atoms with van der Waals surface area (Å²) in [5.41, 5.74) is 0. The van der Waals surface area contributed by atoms with Crippen LogP contribution in [0.1, 0.15) is 57.8 Å². The van der Waals surface area contributed by atoms with Crippen molar-refractivity contribution in [1.29, 1.82) is 0 Å². The van der Waals surface area contributed by atoms with Crippen LogP contribution < -0.4 is 0 Å². The van der Waals surface area contributed by atoms with Gasteiger partial charge in [0.2, 0.25) is 0 Å². The summed E-state index contributed by atoms with van der Waals surface area (Å²) < 4.78 is 12.3. The zero-order valence-electron chi connectivity index (χ0n) is 9.18. The Kier molecular flexibility index (Phi) is 3.83. The molecule has 1 heteroatoms. The van der Waals surface area contributed by atoms with Gasteiger partial charge >= 0.3 is 0 Å². The Labute approximate surface area is 87.3 Å². The number of rotatable bonds is 3. The van der Waals surface area contributed by atoms with Gasteiger partial charge in [0.25, 0.3) is 0 Å². The molecule has 2 aliphatic carbocycles. The highest BCUT2D eigenvalue weighted by Gasteiger charge is 2.29. The van der Waals surface area contributed by atoms with Crippen molar-refractivity contribution in [2.45, 2.75) is 57.8 Å². The van der Waals surface area contributed by atoms with Gasteiger partial charge in [0.1, 0.15) is 0 Å². The lowest BCUT2D eigenvalue weighted by Crippen LogP contribution is -2.21. The summed E-state index contributed by atoms with van der Waals surface area (Å²) in [4.78, 5) is 0. The minimum absolute atomic E-state index is 0.0952. The Bertz CT molecular complexity index is 159. The van der Waals surface area contributed by atoms with Gasteiger partial charge in [-0.05, 0) is 30.6 Å². The van der Waals surface area contributed by atoms with E-state index in [0.29, 0.717) is 0 Å². The minimum Gasteiger partial charge on any atom is -0.251 e. The number of halogens is 1. The molecule has 0 bridgehead atoms. The molecule has 2 aliphatic rings. The van der Waals surface area contributed by atoms with Gasteiger partial charge in [0, 0.05) is 0 Å². The minimum atomic E-state index is -0.0952. The van der Waals surface area contributed by atoms with Crippen LogP contribution in [-0.2, 0) is 0 Å². The van der Waals surface area contributed by atoms with Crippen LogP contribution in [-0.4, -0.2) is 6.67 Å². The molecule has 0 aromatic carbocycles. The molecule has 2 atom stereocenters. The number of alkyl halides is 1. The van der Waals surface area contributed by atoms with Gasteiger partial charge in [0.05, 0.1) is 6.67 Å². The molecular formula is C13H23F. The summed E-state index contributed by atoms with van der Waals surface area (Å²) >= 11 is 0. The Morgan fingerprint density at radius 1 is 0.857 bits per heavy atom. The topological polar surface area (TPSA) is 0 Å². The fourth-order valence-electron chi connectivity index (χ4n) is 3.61. The molecule has 2 rings (SSSR count). The molecule has 0 spiro atoms. The van der Waals surface area contributed by atoms with Gasteiger partial charge in [-0.15, -0.1) is 0 Å². The Hall–Kier alpha value is -0.0700. The van der Waals surface area contributed by atoms with E-state index in [1.807, 2.05) is 0 Å². The van der Waals surface area contributed by atoms with E-state index in [9.17, 15) is 4.39 Å². The van der Waals surface area contributed by atoms with Crippen LogP contribution in [0.4, 0.5) is 4.39 Å². The molecule has 0 aliphatic heterocycles. The summed E-state index contributed by atoms with van der Waals surface area (Å²) in [5, 5.41) is 0. The molecule has 2 saturated carbocycles. The molecule has 0 nitrogen and oxygen atoms in total. The van der Waals surface area contributed by atoms with E-state index in [4.69, 9.17) is 0 Å². The van der Waals surface area contributed by atoms with E-state index >= 15 is 0 Å². The molecule has 0 aromatic rings.